The minimum Gasteiger partial charge on any atom is -0.478 e. The Balaban J connectivity index is 2.15. The Bertz CT molecular complexity index is 594. The highest BCUT2D eigenvalue weighted by atomic mass is 35.5. The van der Waals surface area contributed by atoms with Crippen LogP contribution in [0.3, 0.4) is 0 Å². The van der Waals surface area contributed by atoms with Crippen LogP contribution in [0.5, 0.6) is 0 Å². The van der Waals surface area contributed by atoms with Crippen LogP contribution in [0.1, 0.15) is 21.5 Å². The Morgan fingerprint density at radius 2 is 1.89 bits per heavy atom. The predicted molar refractivity (Wildman–Crippen MR) is 79.2 cm³/mol. The van der Waals surface area contributed by atoms with Crippen LogP contribution >= 0.6 is 23.4 Å². The van der Waals surface area contributed by atoms with Crippen molar-refractivity contribution >= 4 is 29.3 Å². The van der Waals surface area contributed by atoms with Crippen LogP contribution in [0.2, 0.25) is 5.02 Å². The van der Waals surface area contributed by atoms with Crippen molar-refractivity contribution in [3.63, 3.8) is 0 Å². The number of halogens is 1. The fourth-order valence-electron chi connectivity index (χ4n) is 1.68. The summed E-state index contributed by atoms with van der Waals surface area (Å²) in [6, 6.07) is 13.1. The molecule has 0 saturated carbocycles. The number of carbonyl (C=O) groups is 1. The van der Waals surface area contributed by atoms with Gasteiger partial charge in [0.1, 0.15) is 0 Å². The summed E-state index contributed by atoms with van der Waals surface area (Å²) >= 11 is 7.35. The lowest BCUT2D eigenvalue weighted by molar-refractivity contribution is 0.0693. The fraction of sp³-hybridized carbons (Fsp3) is 0.133. The minimum atomic E-state index is -0.887. The van der Waals surface area contributed by atoms with Gasteiger partial charge in [0.05, 0.1) is 5.56 Å². The van der Waals surface area contributed by atoms with Crippen molar-refractivity contribution in [2.75, 3.05) is 0 Å². The van der Waals surface area contributed by atoms with Gasteiger partial charge in [-0.1, -0.05) is 35.4 Å². The second-order valence-electron chi connectivity index (χ2n) is 4.22. The summed E-state index contributed by atoms with van der Waals surface area (Å²) < 4.78 is 0. The molecule has 2 nitrogen and oxygen atoms in total. The molecule has 0 saturated heterocycles. The van der Waals surface area contributed by atoms with E-state index in [1.807, 2.05) is 43.3 Å². The van der Waals surface area contributed by atoms with E-state index in [0.29, 0.717) is 10.6 Å². The summed E-state index contributed by atoms with van der Waals surface area (Å²) in [5.74, 6) is -0.164. The largest absolute Gasteiger partial charge is 0.478 e. The molecule has 0 aliphatic rings. The molecule has 0 radical (unpaired) electrons. The zero-order valence-electron chi connectivity index (χ0n) is 10.4. The molecule has 2 rings (SSSR count). The summed E-state index contributed by atoms with van der Waals surface area (Å²) in [6.07, 6.45) is 0. The summed E-state index contributed by atoms with van der Waals surface area (Å²) in [4.78, 5) is 12.0. The van der Waals surface area contributed by atoms with Crippen molar-refractivity contribution in [3.05, 3.63) is 64.2 Å². The van der Waals surface area contributed by atoms with E-state index in [2.05, 4.69) is 0 Å². The highest BCUT2D eigenvalue weighted by Gasteiger charge is 2.10. The number of carboxylic acids is 1. The van der Waals surface area contributed by atoms with Crippen molar-refractivity contribution < 1.29 is 9.90 Å². The minimum absolute atomic E-state index is 0.360. The van der Waals surface area contributed by atoms with Gasteiger partial charge in [-0.2, -0.15) is 0 Å². The third-order valence-electron chi connectivity index (χ3n) is 2.67. The van der Waals surface area contributed by atoms with Crippen LogP contribution in [0.25, 0.3) is 0 Å². The summed E-state index contributed by atoms with van der Waals surface area (Å²) in [5.41, 5.74) is 2.43. The zero-order chi connectivity index (χ0) is 13.8. The number of benzene rings is 2. The molecule has 0 aliphatic carbocycles. The Hall–Kier alpha value is -1.45. The maximum absolute atomic E-state index is 11.2. The van der Waals surface area contributed by atoms with E-state index in [1.165, 1.54) is 11.8 Å². The SMILES string of the molecule is Cc1ccc(SCc2ccc(Cl)cc2)c(C(=O)O)c1. The molecule has 0 aromatic heterocycles. The van der Waals surface area contributed by atoms with Crippen LogP contribution in [0.15, 0.2) is 47.4 Å². The zero-order valence-corrected chi connectivity index (χ0v) is 12.0. The molecule has 2 aromatic rings. The molecule has 19 heavy (non-hydrogen) atoms. The second-order valence-corrected chi connectivity index (χ2v) is 5.67. The van der Waals surface area contributed by atoms with Gasteiger partial charge in [-0.3, -0.25) is 0 Å². The molecule has 0 fully saturated rings. The number of hydrogen-bond acceptors (Lipinski definition) is 2. The first-order valence-electron chi connectivity index (χ1n) is 5.77. The molecule has 2 aromatic carbocycles. The molecule has 1 N–H and O–H groups in total. The number of thioether (sulfide) groups is 1. The van der Waals surface area contributed by atoms with E-state index in [4.69, 9.17) is 11.6 Å². The van der Waals surface area contributed by atoms with Gasteiger partial charge in [-0.15, -0.1) is 11.8 Å². The average molecular weight is 293 g/mol. The molecule has 0 heterocycles. The Labute approximate surface area is 121 Å². The molecule has 0 atom stereocenters. The lowest BCUT2D eigenvalue weighted by Gasteiger charge is -2.07. The average Bonchev–Trinajstić information content (AvgIpc) is 2.39. The number of aryl methyl sites for hydroxylation is 1. The monoisotopic (exact) mass is 292 g/mol. The first kappa shape index (κ1) is 14.0. The van der Waals surface area contributed by atoms with E-state index in [1.54, 1.807) is 6.07 Å². The molecule has 0 aliphatic heterocycles. The van der Waals surface area contributed by atoms with Crippen LogP contribution in [-0.2, 0) is 5.75 Å². The Morgan fingerprint density at radius 1 is 1.21 bits per heavy atom. The summed E-state index contributed by atoms with van der Waals surface area (Å²) in [6.45, 7) is 1.89. The van der Waals surface area contributed by atoms with E-state index in [-0.39, 0.29) is 0 Å². The molecule has 0 unspecified atom stereocenters. The third-order valence-corrected chi connectivity index (χ3v) is 4.07. The highest BCUT2D eigenvalue weighted by Crippen LogP contribution is 2.27. The molecular weight excluding hydrogens is 280 g/mol. The van der Waals surface area contributed by atoms with Crippen molar-refractivity contribution in [1.29, 1.82) is 0 Å². The van der Waals surface area contributed by atoms with Gasteiger partial charge in [0.2, 0.25) is 0 Å². The maximum Gasteiger partial charge on any atom is 0.336 e. The molecule has 4 heteroatoms. The van der Waals surface area contributed by atoms with Crippen molar-refractivity contribution in [3.8, 4) is 0 Å². The van der Waals surface area contributed by atoms with Gasteiger partial charge in [0.25, 0.3) is 0 Å². The van der Waals surface area contributed by atoms with Crippen molar-refractivity contribution in [1.82, 2.24) is 0 Å². The van der Waals surface area contributed by atoms with Gasteiger partial charge >= 0.3 is 5.97 Å². The quantitative estimate of drug-likeness (QED) is 0.834. The van der Waals surface area contributed by atoms with Gasteiger partial charge < -0.3 is 5.11 Å². The van der Waals surface area contributed by atoms with Crippen LogP contribution in [0.4, 0.5) is 0 Å². The Morgan fingerprint density at radius 3 is 2.53 bits per heavy atom. The van der Waals surface area contributed by atoms with Crippen LogP contribution in [-0.4, -0.2) is 11.1 Å². The van der Waals surface area contributed by atoms with Crippen molar-refractivity contribution in [2.24, 2.45) is 0 Å². The molecular formula is C15H13ClO2S. The maximum atomic E-state index is 11.2. The molecule has 0 bridgehead atoms. The molecule has 98 valence electrons. The van der Waals surface area contributed by atoms with Gasteiger partial charge in [0.15, 0.2) is 0 Å². The van der Waals surface area contributed by atoms with E-state index in [9.17, 15) is 9.90 Å². The van der Waals surface area contributed by atoms with Crippen LogP contribution < -0.4 is 0 Å². The van der Waals surface area contributed by atoms with Gasteiger partial charge in [-0.05, 0) is 36.8 Å². The smallest absolute Gasteiger partial charge is 0.336 e. The Kier molecular flexibility index (Phi) is 4.51. The number of aromatic carboxylic acids is 1. The van der Waals surface area contributed by atoms with E-state index < -0.39 is 5.97 Å². The van der Waals surface area contributed by atoms with Gasteiger partial charge in [-0.25, -0.2) is 4.79 Å². The topological polar surface area (TPSA) is 37.3 Å². The summed E-state index contributed by atoms with van der Waals surface area (Å²) in [7, 11) is 0. The molecule has 0 spiro atoms. The van der Waals surface area contributed by atoms with Gasteiger partial charge in [0, 0.05) is 15.7 Å². The number of hydrogen-bond donors (Lipinski definition) is 1. The first-order valence-corrected chi connectivity index (χ1v) is 7.14. The third kappa shape index (κ3) is 3.75. The number of carboxylic acid groups (broad SMARTS) is 1. The lowest BCUT2D eigenvalue weighted by atomic mass is 10.1. The van der Waals surface area contributed by atoms with E-state index >= 15 is 0 Å². The normalized spacial score (nSPS) is 10.4. The molecule has 0 amide bonds. The summed E-state index contributed by atoms with van der Waals surface area (Å²) in [5, 5.41) is 9.90. The van der Waals surface area contributed by atoms with Crippen LogP contribution in [0, 0.1) is 6.92 Å². The standard InChI is InChI=1S/C15H13ClO2S/c1-10-2-7-14(13(8-10)15(17)18)19-9-11-3-5-12(16)6-4-11/h2-8H,9H2,1H3,(H,17,18). The first-order chi connectivity index (χ1) is 9.06. The lowest BCUT2D eigenvalue weighted by Crippen LogP contribution is -1.99. The van der Waals surface area contributed by atoms with Crippen molar-refractivity contribution in [2.45, 2.75) is 17.6 Å². The highest BCUT2D eigenvalue weighted by molar-refractivity contribution is 7.98. The number of rotatable bonds is 4. The second kappa shape index (κ2) is 6.13. The predicted octanol–water partition coefficient (Wildman–Crippen LogP) is 4.64. The fourth-order valence-corrected chi connectivity index (χ4v) is 2.79. The van der Waals surface area contributed by atoms with E-state index in [0.717, 1.165) is 21.8 Å².